The number of benzene rings is 1. The number of carbonyl (C=O) groups is 1. The highest BCUT2D eigenvalue weighted by Gasteiger charge is 2.38. The smallest absolute Gasteiger partial charge is 0.475 e. The quantitative estimate of drug-likeness (QED) is 0.409. The van der Waals surface area contributed by atoms with E-state index < -0.39 is 12.1 Å². The Morgan fingerprint density at radius 1 is 1.07 bits per heavy atom. The van der Waals surface area contributed by atoms with Gasteiger partial charge in [-0.2, -0.15) is 18.4 Å². The van der Waals surface area contributed by atoms with E-state index in [1.807, 2.05) is 24.4 Å². The molecule has 216 valence electrons. The van der Waals surface area contributed by atoms with E-state index in [2.05, 4.69) is 67.6 Å². The van der Waals surface area contributed by atoms with Crippen molar-refractivity contribution in [2.75, 3.05) is 57.4 Å². The fourth-order valence-corrected chi connectivity index (χ4v) is 4.46. The minimum Gasteiger partial charge on any atom is -0.475 e. The summed E-state index contributed by atoms with van der Waals surface area (Å²) in [6.45, 7) is 8.25. The standard InChI is InChI=1S/C27H30N6O.C2HF3O2/c28-19-24-18-26(31-27(24)33-11-9-29-10-12-33)23-7-8-30-25(17-23)6-5-21-1-3-22(4-2-21)20-32-13-15-34-16-14-32;3-2(4,5)1(6)7/h1-8,17-18,29,31H,9-16,20H2;(H,6,7)/b6-5+;. The van der Waals surface area contributed by atoms with Crippen LogP contribution in [0.15, 0.2) is 48.7 Å². The number of pyridine rings is 1. The average Bonchev–Trinajstić information content (AvgIpc) is 3.43. The number of anilines is 1. The van der Waals surface area contributed by atoms with Crippen LogP contribution < -0.4 is 10.2 Å². The van der Waals surface area contributed by atoms with Gasteiger partial charge in [-0.25, -0.2) is 4.79 Å². The number of aromatic amines is 1. The van der Waals surface area contributed by atoms with E-state index in [1.165, 1.54) is 5.56 Å². The van der Waals surface area contributed by atoms with Crippen LogP contribution in [0.3, 0.4) is 0 Å². The van der Waals surface area contributed by atoms with E-state index in [-0.39, 0.29) is 0 Å². The molecule has 2 aliphatic heterocycles. The largest absolute Gasteiger partial charge is 0.490 e. The Balaban J connectivity index is 0.000000493. The first kappa shape index (κ1) is 29.8. The molecule has 2 aliphatic rings. The highest BCUT2D eigenvalue weighted by molar-refractivity contribution is 5.74. The van der Waals surface area contributed by atoms with Gasteiger partial charge in [0.2, 0.25) is 0 Å². The lowest BCUT2D eigenvalue weighted by atomic mass is 10.1. The van der Waals surface area contributed by atoms with Crippen LogP contribution in [0.5, 0.6) is 0 Å². The number of ether oxygens (including phenoxy) is 1. The van der Waals surface area contributed by atoms with Crippen molar-refractivity contribution < 1.29 is 27.8 Å². The molecule has 2 fully saturated rings. The van der Waals surface area contributed by atoms with Crippen LogP contribution >= 0.6 is 0 Å². The molecule has 0 radical (unpaired) electrons. The van der Waals surface area contributed by atoms with Crippen molar-refractivity contribution in [3.8, 4) is 17.3 Å². The van der Waals surface area contributed by atoms with Crippen molar-refractivity contribution >= 4 is 23.9 Å². The Morgan fingerprint density at radius 3 is 2.39 bits per heavy atom. The fourth-order valence-electron chi connectivity index (χ4n) is 4.46. The second kappa shape index (κ2) is 13.9. The minimum atomic E-state index is -5.08. The molecule has 12 heteroatoms. The summed E-state index contributed by atoms with van der Waals surface area (Å²) < 4.78 is 37.2. The molecule has 3 aromatic rings. The predicted octanol–water partition coefficient (Wildman–Crippen LogP) is 3.99. The number of piperazine rings is 1. The summed E-state index contributed by atoms with van der Waals surface area (Å²) in [4.78, 5) is 21.5. The van der Waals surface area contributed by atoms with Gasteiger partial charge >= 0.3 is 12.1 Å². The van der Waals surface area contributed by atoms with E-state index in [9.17, 15) is 18.4 Å². The summed E-state index contributed by atoms with van der Waals surface area (Å²) in [5.41, 5.74) is 5.99. The molecule has 3 N–H and O–H groups in total. The minimum absolute atomic E-state index is 0.683. The van der Waals surface area contributed by atoms with Crippen LogP contribution in [0.2, 0.25) is 0 Å². The molecule has 0 amide bonds. The number of carboxylic acid groups (broad SMARTS) is 1. The molecule has 9 nitrogen and oxygen atoms in total. The second-order valence-electron chi connectivity index (χ2n) is 9.53. The lowest BCUT2D eigenvalue weighted by molar-refractivity contribution is -0.192. The van der Waals surface area contributed by atoms with Gasteiger partial charge in [-0.1, -0.05) is 30.3 Å². The molecule has 0 saturated carbocycles. The maximum absolute atomic E-state index is 10.6. The Morgan fingerprint density at radius 2 is 1.76 bits per heavy atom. The van der Waals surface area contributed by atoms with Crippen molar-refractivity contribution in [1.82, 2.24) is 20.2 Å². The third-order valence-electron chi connectivity index (χ3n) is 6.62. The van der Waals surface area contributed by atoms with Crippen molar-refractivity contribution in [1.29, 1.82) is 5.26 Å². The topological polar surface area (TPSA) is 118 Å². The molecular formula is C29H31F3N6O3. The molecule has 0 atom stereocenters. The van der Waals surface area contributed by atoms with Gasteiger partial charge in [0.05, 0.1) is 24.5 Å². The summed E-state index contributed by atoms with van der Waals surface area (Å²) in [5, 5.41) is 20.1. The van der Waals surface area contributed by atoms with Gasteiger partial charge in [0.15, 0.2) is 0 Å². The normalized spacial score (nSPS) is 16.2. The van der Waals surface area contributed by atoms with Crippen LogP contribution in [-0.4, -0.2) is 84.6 Å². The van der Waals surface area contributed by atoms with Crippen LogP contribution in [0, 0.1) is 11.3 Å². The number of hydrogen-bond acceptors (Lipinski definition) is 7. The number of aromatic nitrogens is 2. The SMILES string of the molecule is N#Cc1cc(-c2ccnc(/C=C/c3ccc(CN4CCOCC4)cc3)c2)[nH]c1N1CCNCC1.O=C(O)C(F)(F)F. The van der Waals surface area contributed by atoms with E-state index in [1.54, 1.807) is 0 Å². The molecule has 0 aliphatic carbocycles. The number of carboxylic acids is 1. The number of nitriles is 1. The average molecular weight is 569 g/mol. The Hall–Kier alpha value is -4.18. The first-order valence-corrected chi connectivity index (χ1v) is 13.2. The zero-order chi connectivity index (χ0) is 29.2. The number of halogens is 3. The third kappa shape index (κ3) is 8.65. The number of rotatable bonds is 6. The van der Waals surface area contributed by atoms with Crippen LogP contribution in [-0.2, 0) is 16.1 Å². The van der Waals surface area contributed by atoms with Gasteiger partial charge in [0.1, 0.15) is 11.9 Å². The number of aliphatic carboxylic acids is 1. The maximum atomic E-state index is 10.6. The first-order valence-electron chi connectivity index (χ1n) is 13.2. The number of H-pyrrole nitrogens is 1. The van der Waals surface area contributed by atoms with Gasteiger partial charge in [-0.15, -0.1) is 0 Å². The second-order valence-corrected chi connectivity index (χ2v) is 9.53. The lowest BCUT2D eigenvalue weighted by Gasteiger charge is -2.28. The molecule has 0 unspecified atom stereocenters. The molecule has 1 aromatic carbocycles. The number of alkyl halides is 3. The first-order chi connectivity index (χ1) is 19.7. The van der Waals surface area contributed by atoms with Crippen molar-refractivity contribution in [2.45, 2.75) is 12.7 Å². The van der Waals surface area contributed by atoms with E-state index in [0.717, 1.165) is 87.4 Å². The summed E-state index contributed by atoms with van der Waals surface area (Å²) in [6.07, 6.45) is 0.857. The predicted molar refractivity (Wildman–Crippen MR) is 149 cm³/mol. The molecule has 41 heavy (non-hydrogen) atoms. The van der Waals surface area contributed by atoms with Crippen molar-refractivity contribution in [3.63, 3.8) is 0 Å². The van der Waals surface area contributed by atoms with E-state index >= 15 is 0 Å². The molecule has 4 heterocycles. The molecule has 2 aromatic heterocycles. The van der Waals surface area contributed by atoms with E-state index in [0.29, 0.717) is 5.56 Å². The molecular weight excluding hydrogens is 537 g/mol. The van der Waals surface area contributed by atoms with Crippen molar-refractivity contribution in [3.05, 3.63) is 71.0 Å². The van der Waals surface area contributed by atoms with Gasteiger partial charge < -0.3 is 25.0 Å². The molecule has 5 rings (SSSR count). The number of nitrogens with one attached hydrogen (secondary N) is 2. The Bertz CT molecular complexity index is 1370. The molecule has 0 spiro atoms. The molecule has 0 bridgehead atoms. The van der Waals surface area contributed by atoms with Crippen LogP contribution in [0.25, 0.3) is 23.4 Å². The van der Waals surface area contributed by atoms with Crippen LogP contribution in [0.4, 0.5) is 19.0 Å². The van der Waals surface area contributed by atoms with E-state index in [4.69, 9.17) is 14.6 Å². The number of morpholine rings is 1. The summed E-state index contributed by atoms with van der Waals surface area (Å²) in [6, 6.07) is 17.0. The van der Waals surface area contributed by atoms with Gasteiger partial charge in [-0.05, 0) is 35.4 Å². The number of nitrogens with zero attached hydrogens (tertiary/aromatic N) is 4. The Kier molecular flexibility index (Phi) is 10.1. The fraction of sp³-hybridized carbons (Fsp3) is 0.345. The third-order valence-corrected chi connectivity index (χ3v) is 6.62. The maximum Gasteiger partial charge on any atom is 0.490 e. The Labute approximate surface area is 235 Å². The van der Waals surface area contributed by atoms with Crippen molar-refractivity contribution in [2.24, 2.45) is 0 Å². The van der Waals surface area contributed by atoms with Gasteiger partial charge in [0, 0.05) is 63.3 Å². The highest BCUT2D eigenvalue weighted by atomic mass is 19.4. The zero-order valence-electron chi connectivity index (χ0n) is 22.3. The summed E-state index contributed by atoms with van der Waals surface area (Å²) in [7, 11) is 0. The monoisotopic (exact) mass is 568 g/mol. The summed E-state index contributed by atoms with van der Waals surface area (Å²) >= 11 is 0. The van der Waals surface area contributed by atoms with Gasteiger partial charge in [0.25, 0.3) is 0 Å². The summed E-state index contributed by atoms with van der Waals surface area (Å²) in [5.74, 6) is -1.85. The van der Waals surface area contributed by atoms with Crippen LogP contribution in [0.1, 0.15) is 22.4 Å². The zero-order valence-corrected chi connectivity index (χ0v) is 22.3. The molecule has 2 saturated heterocycles. The van der Waals surface area contributed by atoms with Gasteiger partial charge in [-0.3, -0.25) is 9.88 Å². The highest BCUT2D eigenvalue weighted by Crippen LogP contribution is 2.28. The number of hydrogen-bond donors (Lipinski definition) is 3. The lowest BCUT2D eigenvalue weighted by Crippen LogP contribution is -2.44.